The van der Waals surface area contributed by atoms with E-state index >= 15 is 0 Å². The van der Waals surface area contributed by atoms with Gasteiger partial charge in [-0.2, -0.15) is 13.2 Å². The van der Waals surface area contributed by atoms with E-state index in [1.54, 1.807) is 17.5 Å². The Hall–Kier alpha value is -3.47. The lowest BCUT2D eigenvalue weighted by Gasteiger charge is -2.31. The lowest BCUT2D eigenvalue weighted by atomic mass is 9.97. The van der Waals surface area contributed by atoms with Gasteiger partial charge in [0.2, 0.25) is 5.91 Å². The van der Waals surface area contributed by atoms with Gasteiger partial charge in [-0.25, -0.2) is 9.37 Å². The molecule has 0 saturated carbocycles. The van der Waals surface area contributed by atoms with Gasteiger partial charge in [-0.3, -0.25) is 9.59 Å². The standard InChI is InChI=1S/C29H30F4N4O2S/c30-22-5-3-4-19(16-22)6-9-26(38)37-14-10-20(11-15-37)28-35-24(18-40-28)27(39)34-23-17-21(29(31,32)33)7-8-25(23)36-12-1-2-13-36/h3-5,7-8,16-18,20H,1-2,6,9-15H2,(H,34,39). The summed E-state index contributed by atoms with van der Waals surface area (Å²) in [6.45, 7) is 2.58. The number of nitrogens with one attached hydrogen (secondary N) is 1. The van der Waals surface area contributed by atoms with E-state index in [9.17, 15) is 27.2 Å². The van der Waals surface area contributed by atoms with Crippen molar-refractivity contribution in [3.63, 3.8) is 0 Å². The Bertz CT molecular complexity index is 1360. The molecule has 5 rings (SSSR count). The van der Waals surface area contributed by atoms with Crippen molar-refractivity contribution in [1.82, 2.24) is 9.88 Å². The number of aryl methyl sites for hydroxylation is 1. The highest BCUT2D eigenvalue weighted by molar-refractivity contribution is 7.10. The number of benzene rings is 2. The van der Waals surface area contributed by atoms with Crippen LogP contribution in [-0.2, 0) is 17.4 Å². The number of alkyl halides is 3. The molecule has 2 aliphatic rings. The number of halogens is 4. The molecule has 0 bridgehead atoms. The summed E-state index contributed by atoms with van der Waals surface area (Å²) in [6.07, 6.45) is -0.438. The predicted octanol–water partition coefficient (Wildman–Crippen LogP) is 6.49. The van der Waals surface area contributed by atoms with E-state index in [4.69, 9.17) is 0 Å². The van der Waals surface area contributed by atoms with Crippen LogP contribution in [0, 0.1) is 5.82 Å². The van der Waals surface area contributed by atoms with Gasteiger partial charge >= 0.3 is 6.18 Å². The number of nitrogens with zero attached hydrogens (tertiary/aromatic N) is 3. The van der Waals surface area contributed by atoms with Crippen LogP contribution in [0.15, 0.2) is 47.8 Å². The zero-order valence-corrected chi connectivity index (χ0v) is 22.7. The number of amides is 2. The van der Waals surface area contributed by atoms with Gasteiger partial charge in [-0.1, -0.05) is 12.1 Å². The lowest BCUT2D eigenvalue weighted by molar-refractivity contribution is -0.137. The molecule has 2 saturated heterocycles. The van der Waals surface area contributed by atoms with Crippen LogP contribution in [-0.4, -0.2) is 47.9 Å². The van der Waals surface area contributed by atoms with Crippen molar-refractivity contribution >= 4 is 34.5 Å². The lowest BCUT2D eigenvalue weighted by Crippen LogP contribution is -2.38. The van der Waals surface area contributed by atoms with Crippen molar-refractivity contribution in [2.75, 3.05) is 36.4 Å². The molecular formula is C29H30F4N4O2S. The van der Waals surface area contributed by atoms with E-state index in [1.165, 1.54) is 29.5 Å². The molecule has 2 aliphatic heterocycles. The predicted molar refractivity (Wildman–Crippen MR) is 146 cm³/mol. The molecule has 40 heavy (non-hydrogen) atoms. The van der Waals surface area contributed by atoms with Crippen molar-refractivity contribution in [3.05, 3.63) is 75.5 Å². The molecule has 6 nitrogen and oxygen atoms in total. The molecule has 11 heteroatoms. The van der Waals surface area contributed by atoms with Gasteiger partial charge in [-0.05, 0) is 68.0 Å². The second kappa shape index (κ2) is 12.0. The van der Waals surface area contributed by atoms with Crippen LogP contribution in [0.4, 0.5) is 28.9 Å². The number of likely N-dealkylation sites (tertiary alicyclic amines) is 1. The first-order valence-corrected chi connectivity index (χ1v) is 14.3. The highest BCUT2D eigenvalue weighted by atomic mass is 32.1. The van der Waals surface area contributed by atoms with Gasteiger partial charge in [0, 0.05) is 43.9 Å². The Morgan fingerprint density at radius 2 is 1.77 bits per heavy atom. The molecule has 3 heterocycles. The maximum Gasteiger partial charge on any atom is 0.416 e. The average molecular weight is 575 g/mol. The van der Waals surface area contributed by atoms with Crippen molar-refractivity contribution < 1.29 is 27.2 Å². The van der Waals surface area contributed by atoms with Crippen molar-refractivity contribution in [2.24, 2.45) is 0 Å². The Morgan fingerprint density at radius 1 is 1.02 bits per heavy atom. The molecule has 0 aliphatic carbocycles. The smallest absolute Gasteiger partial charge is 0.370 e. The van der Waals surface area contributed by atoms with Crippen molar-refractivity contribution in [2.45, 2.75) is 50.6 Å². The summed E-state index contributed by atoms with van der Waals surface area (Å²) in [7, 11) is 0. The number of carbonyl (C=O) groups excluding carboxylic acids is 2. The number of carbonyl (C=O) groups is 2. The highest BCUT2D eigenvalue weighted by Crippen LogP contribution is 2.37. The summed E-state index contributed by atoms with van der Waals surface area (Å²) in [5.74, 6) is -0.749. The molecule has 2 amide bonds. The van der Waals surface area contributed by atoms with Crippen LogP contribution < -0.4 is 10.2 Å². The first-order valence-electron chi connectivity index (χ1n) is 13.4. The summed E-state index contributed by atoms with van der Waals surface area (Å²) in [4.78, 5) is 34.0. The fourth-order valence-corrected chi connectivity index (χ4v) is 6.26. The van der Waals surface area contributed by atoms with Gasteiger partial charge in [0.15, 0.2) is 0 Å². The van der Waals surface area contributed by atoms with Crippen LogP contribution in [0.25, 0.3) is 0 Å². The fraction of sp³-hybridized carbons (Fsp3) is 0.414. The van der Waals surface area contributed by atoms with E-state index in [-0.39, 0.29) is 29.0 Å². The molecule has 1 N–H and O–H groups in total. The minimum absolute atomic E-state index is 0.0248. The van der Waals surface area contributed by atoms with Gasteiger partial charge < -0.3 is 15.1 Å². The molecule has 3 aromatic rings. The Morgan fingerprint density at radius 3 is 2.48 bits per heavy atom. The third-order valence-electron chi connectivity index (χ3n) is 7.49. The molecule has 2 fully saturated rings. The Kier molecular flexibility index (Phi) is 8.39. The van der Waals surface area contributed by atoms with Crippen molar-refractivity contribution in [1.29, 1.82) is 0 Å². The first kappa shape index (κ1) is 28.1. The highest BCUT2D eigenvalue weighted by Gasteiger charge is 2.32. The third kappa shape index (κ3) is 6.63. The molecule has 0 unspecified atom stereocenters. The molecule has 2 aromatic carbocycles. The second-order valence-electron chi connectivity index (χ2n) is 10.2. The van der Waals surface area contributed by atoms with Crippen LogP contribution in [0.3, 0.4) is 0 Å². The quantitative estimate of drug-likeness (QED) is 0.328. The number of hydrogen-bond donors (Lipinski definition) is 1. The second-order valence-corrected chi connectivity index (χ2v) is 11.1. The van der Waals surface area contributed by atoms with Crippen LogP contribution >= 0.6 is 11.3 Å². The summed E-state index contributed by atoms with van der Waals surface area (Å²) < 4.78 is 53.5. The summed E-state index contributed by atoms with van der Waals surface area (Å²) in [5, 5.41) is 5.08. The van der Waals surface area contributed by atoms with Crippen molar-refractivity contribution in [3.8, 4) is 0 Å². The molecular weight excluding hydrogens is 544 g/mol. The topological polar surface area (TPSA) is 65.5 Å². The summed E-state index contributed by atoms with van der Waals surface area (Å²) >= 11 is 1.35. The van der Waals surface area contributed by atoms with E-state index < -0.39 is 17.6 Å². The zero-order chi connectivity index (χ0) is 28.3. The largest absolute Gasteiger partial charge is 0.416 e. The minimum atomic E-state index is -4.52. The molecule has 0 spiro atoms. The Balaban J connectivity index is 1.19. The minimum Gasteiger partial charge on any atom is -0.370 e. The number of hydrogen-bond acceptors (Lipinski definition) is 5. The maximum absolute atomic E-state index is 13.4. The number of anilines is 2. The number of thiazole rings is 1. The van der Waals surface area contributed by atoms with Gasteiger partial charge in [0.1, 0.15) is 11.5 Å². The molecule has 1 aromatic heterocycles. The van der Waals surface area contributed by atoms with Crippen LogP contribution in [0.2, 0.25) is 0 Å². The number of piperidine rings is 1. The monoisotopic (exact) mass is 574 g/mol. The normalized spacial score (nSPS) is 16.4. The van der Waals surface area contributed by atoms with E-state index in [1.807, 2.05) is 9.80 Å². The SMILES string of the molecule is O=C(Nc1cc(C(F)(F)F)ccc1N1CCCC1)c1csc(C2CCN(C(=O)CCc3cccc(F)c3)CC2)n1. The maximum atomic E-state index is 13.4. The number of aromatic nitrogens is 1. The van der Waals surface area contributed by atoms with E-state index in [0.29, 0.717) is 44.5 Å². The molecule has 0 radical (unpaired) electrons. The summed E-state index contributed by atoms with van der Waals surface area (Å²) in [6, 6.07) is 9.71. The van der Waals surface area contributed by atoms with Gasteiger partial charge in [0.05, 0.1) is 21.9 Å². The third-order valence-corrected chi connectivity index (χ3v) is 8.49. The van der Waals surface area contributed by atoms with Crippen LogP contribution in [0.1, 0.15) is 64.6 Å². The van der Waals surface area contributed by atoms with Gasteiger partial charge in [-0.15, -0.1) is 11.3 Å². The number of rotatable bonds is 7. The summed E-state index contributed by atoms with van der Waals surface area (Å²) in [5.41, 5.74) is 0.833. The molecule has 0 atom stereocenters. The van der Waals surface area contributed by atoms with E-state index in [0.717, 1.165) is 48.6 Å². The Labute approximate surface area is 234 Å². The van der Waals surface area contributed by atoms with Gasteiger partial charge in [0.25, 0.3) is 5.91 Å². The average Bonchev–Trinajstić information content (AvgIpc) is 3.65. The first-order chi connectivity index (χ1) is 19.2. The molecule has 212 valence electrons. The zero-order valence-electron chi connectivity index (χ0n) is 21.8. The fourth-order valence-electron chi connectivity index (χ4n) is 5.29. The van der Waals surface area contributed by atoms with E-state index in [2.05, 4.69) is 10.3 Å². The van der Waals surface area contributed by atoms with Crippen LogP contribution in [0.5, 0.6) is 0 Å².